The van der Waals surface area contributed by atoms with E-state index < -0.39 is 0 Å². The van der Waals surface area contributed by atoms with Crippen molar-refractivity contribution in [2.24, 2.45) is 0 Å². The fraction of sp³-hybridized carbons (Fsp3) is 0.0588. The smallest absolute Gasteiger partial charge is 0.198 e. The lowest BCUT2D eigenvalue weighted by Gasteiger charge is -2.25. The van der Waals surface area contributed by atoms with Gasteiger partial charge in [0.15, 0.2) is 11.6 Å². The molecular formula is C34H23NO2S. The third-order valence-corrected chi connectivity index (χ3v) is 8.38. The first kappa shape index (κ1) is 22.6. The number of Topliss-reactive ketones (excluding diaryl/α,β-unsaturated/α-hetero) is 2. The molecule has 1 heterocycles. The molecule has 3 nitrogen and oxygen atoms in total. The third kappa shape index (κ3) is 3.65. The molecule has 182 valence electrons. The van der Waals surface area contributed by atoms with Crippen LogP contribution in [0.2, 0.25) is 0 Å². The van der Waals surface area contributed by atoms with Gasteiger partial charge < -0.3 is 4.90 Å². The molecule has 2 aliphatic rings. The number of allylic oxidation sites excluding steroid dienone is 3. The molecule has 38 heavy (non-hydrogen) atoms. The molecule has 0 saturated carbocycles. The summed E-state index contributed by atoms with van der Waals surface area (Å²) in [4.78, 5) is 30.0. The third-order valence-electron chi connectivity index (χ3n) is 7.36. The van der Waals surface area contributed by atoms with Crippen molar-refractivity contribution in [3.8, 4) is 0 Å². The summed E-state index contributed by atoms with van der Waals surface area (Å²) in [6.07, 6.45) is 3.19. The number of hydrogen-bond acceptors (Lipinski definition) is 4. The average Bonchev–Trinajstić information content (AvgIpc) is 3.52. The highest BCUT2D eigenvalue weighted by molar-refractivity contribution is 7.17. The van der Waals surface area contributed by atoms with E-state index in [2.05, 4.69) is 71.6 Å². The van der Waals surface area contributed by atoms with Gasteiger partial charge in [-0.2, -0.15) is 0 Å². The van der Waals surface area contributed by atoms with E-state index in [1.165, 1.54) is 5.39 Å². The predicted octanol–water partition coefficient (Wildman–Crippen LogP) is 8.31. The average molecular weight is 510 g/mol. The van der Waals surface area contributed by atoms with Gasteiger partial charge in [0.25, 0.3) is 0 Å². The Labute approximate surface area is 225 Å². The number of anilines is 3. The Morgan fingerprint density at radius 2 is 1.45 bits per heavy atom. The van der Waals surface area contributed by atoms with Gasteiger partial charge >= 0.3 is 0 Å². The molecule has 4 heteroatoms. The first-order valence-electron chi connectivity index (χ1n) is 12.7. The number of thiophene rings is 1. The lowest BCUT2D eigenvalue weighted by atomic mass is 9.87. The van der Waals surface area contributed by atoms with Crippen molar-refractivity contribution >= 4 is 61.7 Å². The van der Waals surface area contributed by atoms with Crippen LogP contribution in [0.3, 0.4) is 0 Å². The summed E-state index contributed by atoms with van der Waals surface area (Å²) in [6.45, 7) is 0. The summed E-state index contributed by atoms with van der Waals surface area (Å²) in [7, 11) is 0. The van der Waals surface area contributed by atoms with Gasteiger partial charge in [-0.15, -0.1) is 11.3 Å². The normalized spacial score (nSPS) is 15.7. The maximum atomic E-state index is 13.5. The number of ketones is 2. The van der Waals surface area contributed by atoms with Crippen LogP contribution in [0.15, 0.2) is 120 Å². The second-order valence-electron chi connectivity index (χ2n) is 9.57. The van der Waals surface area contributed by atoms with Gasteiger partial charge in [-0.1, -0.05) is 78.9 Å². The summed E-state index contributed by atoms with van der Waals surface area (Å²) in [5, 5.41) is 3.34. The predicted molar refractivity (Wildman–Crippen MR) is 156 cm³/mol. The first-order chi connectivity index (χ1) is 18.7. The summed E-state index contributed by atoms with van der Waals surface area (Å²) in [6, 6.07) is 37.0. The molecule has 0 fully saturated rings. The Morgan fingerprint density at radius 3 is 2.34 bits per heavy atom. The van der Waals surface area contributed by atoms with Gasteiger partial charge in [-0.05, 0) is 65.8 Å². The molecule has 4 aromatic carbocycles. The van der Waals surface area contributed by atoms with Crippen molar-refractivity contribution in [3.63, 3.8) is 0 Å². The number of carbonyl (C=O) groups excluding carboxylic acids is 2. The topological polar surface area (TPSA) is 37.4 Å². The SMILES string of the molecule is O=C1C2=C(C(=O)/C1=C\c1ccc(N(c3ccccc3)c3cccc4ccccc34)s1)c1ccccc1CC2. The highest BCUT2D eigenvalue weighted by Gasteiger charge is 2.39. The van der Waals surface area contributed by atoms with Crippen molar-refractivity contribution in [2.45, 2.75) is 12.8 Å². The Hall–Kier alpha value is -4.54. The molecule has 7 rings (SSSR count). The second-order valence-corrected chi connectivity index (χ2v) is 10.7. The van der Waals surface area contributed by atoms with Gasteiger partial charge in [-0.3, -0.25) is 9.59 Å². The lowest BCUT2D eigenvalue weighted by molar-refractivity contribution is -0.115. The van der Waals surface area contributed by atoms with Crippen molar-refractivity contribution in [3.05, 3.63) is 136 Å². The molecule has 0 atom stereocenters. The first-order valence-corrected chi connectivity index (χ1v) is 13.6. The maximum Gasteiger partial charge on any atom is 0.198 e. The quantitative estimate of drug-likeness (QED) is 0.181. The molecule has 1 aromatic heterocycles. The number of carbonyl (C=O) groups is 2. The minimum absolute atomic E-state index is 0.122. The van der Waals surface area contributed by atoms with E-state index >= 15 is 0 Å². The fourth-order valence-electron chi connectivity index (χ4n) is 5.59. The number of rotatable bonds is 4. The van der Waals surface area contributed by atoms with Crippen molar-refractivity contribution in [1.82, 2.24) is 0 Å². The number of para-hydroxylation sites is 1. The molecule has 2 aliphatic carbocycles. The number of hydrogen-bond donors (Lipinski definition) is 0. The van der Waals surface area contributed by atoms with Gasteiger partial charge in [-0.25, -0.2) is 0 Å². The van der Waals surface area contributed by atoms with Crippen LogP contribution in [-0.2, 0) is 16.0 Å². The summed E-state index contributed by atoms with van der Waals surface area (Å²) >= 11 is 1.58. The maximum absolute atomic E-state index is 13.5. The molecule has 0 amide bonds. The van der Waals surface area contributed by atoms with E-state index in [1.807, 2.05) is 42.5 Å². The van der Waals surface area contributed by atoms with Crippen LogP contribution in [0, 0.1) is 0 Å². The molecule has 5 aromatic rings. The summed E-state index contributed by atoms with van der Waals surface area (Å²) in [5.41, 5.74) is 5.72. The van der Waals surface area contributed by atoms with Gasteiger partial charge in [0.1, 0.15) is 5.00 Å². The zero-order chi connectivity index (χ0) is 25.6. The van der Waals surface area contributed by atoms with E-state index in [1.54, 1.807) is 17.4 Å². The van der Waals surface area contributed by atoms with Crippen LogP contribution in [0.5, 0.6) is 0 Å². The van der Waals surface area contributed by atoms with E-state index in [0.29, 0.717) is 17.6 Å². The Kier molecular flexibility index (Phi) is 5.41. The Bertz CT molecular complexity index is 1800. The molecule has 0 spiro atoms. The van der Waals surface area contributed by atoms with Crippen molar-refractivity contribution < 1.29 is 9.59 Å². The van der Waals surface area contributed by atoms with Gasteiger partial charge in [0.05, 0.1) is 11.3 Å². The van der Waals surface area contributed by atoms with E-state index in [-0.39, 0.29) is 17.1 Å². The monoisotopic (exact) mass is 509 g/mol. The van der Waals surface area contributed by atoms with Crippen molar-refractivity contribution in [2.75, 3.05) is 4.90 Å². The highest BCUT2D eigenvalue weighted by Crippen LogP contribution is 2.44. The Morgan fingerprint density at radius 1 is 0.684 bits per heavy atom. The fourth-order valence-corrected chi connectivity index (χ4v) is 6.58. The molecule has 0 N–H and O–H groups in total. The molecule has 0 bridgehead atoms. The standard InChI is InChI=1S/C34H23NO2S/c36-33-28-19-17-23-10-5-7-15-27(23)32(28)34(37)29(33)21-25-18-20-31(38-25)35(24-12-2-1-3-13-24)30-16-8-11-22-9-4-6-14-26(22)30/h1-16,18,20-21H,17,19H2/b29-21-. The van der Waals surface area contributed by atoms with Crippen LogP contribution >= 0.6 is 11.3 Å². The highest BCUT2D eigenvalue weighted by atomic mass is 32.1. The van der Waals surface area contributed by atoms with Crippen molar-refractivity contribution in [1.29, 1.82) is 0 Å². The molecule has 0 unspecified atom stereocenters. The number of benzene rings is 4. The minimum Gasteiger partial charge on any atom is -0.301 e. The number of nitrogens with zero attached hydrogens (tertiary/aromatic N) is 1. The number of aryl methyl sites for hydroxylation is 1. The molecule has 0 saturated heterocycles. The van der Waals surface area contributed by atoms with Crippen LogP contribution in [-0.4, -0.2) is 11.6 Å². The van der Waals surface area contributed by atoms with E-state index in [0.717, 1.165) is 44.2 Å². The zero-order valence-electron chi connectivity index (χ0n) is 20.6. The van der Waals surface area contributed by atoms with E-state index in [9.17, 15) is 9.59 Å². The van der Waals surface area contributed by atoms with Crippen LogP contribution in [0.25, 0.3) is 22.4 Å². The molecule has 0 radical (unpaired) electrons. The minimum atomic E-state index is -0.152. The van der Waals surface area contributed by atoms with Crippen LogP contribution in [0.1, 0.15) is 22.4 Å². The van der Waals surface area contributed by atoms with Crippen LogP contribution < -0.4 is 4.90 Å². The van der Waals surface area contributed by atoms with Crippen LogP contribution in [0.4, 0.5) is 16.4 Å². The van der Waals surface area contributed by atoms with Gasteiger partial charge in [0.2, 0.25) is 0 Å². The lowest BCUT2D eigenvalue weighted by Crippen LogP contribution is -2.08. The zero-order valence-corrected chi connectivity index (χ0v) is 21.4. The largest absolute Gasteiger partial charge is 0.301 e. The molecular weight excluding hydrogens is 486 g/mol. The second kappa shape index (κ2) is 9.09. The number of fused-ring (bicyclic) bond motifs is 3. The molecule has 0 aliphatic heterocycles. The summed E-state index contributed by atoms with van der Waals surface area (Å²) < 4.78 is 0. The van der Waals surface area contributed by atoms with E-state index in [4.69, 9.17) is 0 Å². The summed E-state index contributed by atoms with van der Waals surface area (Å²) in [5.74, 6) is -0.274. The van der Waals surface area contributed by atoms with Gasteiger partial charge in [0, 0.05) is 27.1 Å². The Balaban J connectivity index is 1.30.